The van der Waals surface area contributed by atoms with Crippen molar-refractivity contribution < 1.29 is 32.9 Å². The summed E-state index contributed by atoms with van der Waals surface area (Å²) in [5.74, 6) is -2.24. The van der Waals surface area contributed by atoms with Crippen LogP contribution in [0.25, 0.3) is 0 Å². The number of carboxylic acids is 1. The Morgan fingerprint density at radius 1 is 1.03 bits per heavy atom. The van der Waals surface area contributed by atoms with Crippen molar-refractivity contribution in [3.63, 3.8) is 0 Å². The molecule has 9 nitrogen and oxygen atoms in total. The fraction of sp³-hybridized carbons (Fsp3) is 0.393. The topological polar surface area (TPSA) is 115 Å². The first-order chi connectivity index (χ1) is 18.8. The third-order valence-electron chi connectivity index (χ3n) is 7.56. The molecule has 2 aromatic heterocycles. The number of hydrogen-bond donors (Lipinski definition) is 3. The summed E-state index contributed by atoms with van der Waals surface area (Å²) in [6.07, 6.45) is 6.30. The third-order valence-corrected chi connectivity index (χ3v) is 7.56. The Bertz CT molecular complexity index is 1320. The molecule has 0 spiro atoms. The van der Waals surface area contributed by atoms with Gasteiger partial charge in [-0.05, 0) is 30.9 Å². The van der Waals surface area contributed by atoms with E-state index in [1.165, 1.54) is 32.5 Å². The average molecular weight is 541 g/mol. The van der Waals surface area contributed by atoms with Gasteiger partial charge in [-0.3, -0.25) is 0 Å². The fourth-order valence-corrected chi connectivity index (χ4v) is 5.64. The lowest BCUT2D eigenvalue weighted by molar-refractivity contribution is 0.0696. The summed E-state index contributed by atoms with van der Waals surface area (Å²) < 4.78 is 45.8. The zero-order chi connectivity index (χ0) is 27.6. The molecule has 3 heterocycles. The van der Waals surface area contributed by atoms with E-state index in [-0.39, 0.29) is 35.8 Å². The average Bonchev–Trinajstić information content (AvgIpc) is 3.32. The highest BCUT2D eigenvalue weighted by Gasteiger charge is 2.51. The number of ether oxygens (including phenoxy) is 3. The van der Waals surface area contributed by atoms with Gasteiger partial charge < -0.3 is 30.0 Å². The minimum Gasteiger partial charge on any atom is -0.481 e. The van der Waals surface area contributed by atoms with Gasteiger partial charge in [0.2, 0.25) is 17.6 Å². The quantitative estimate of drug-likeness (QED) is 0.327. The van der Waals surface area contributed by atoms with Crippen LogP contribution in [0.2, 0.25) is 0 Å². The van der Waals surface area contributed by atoms with Gasteiger partial charge in [-0.25, -0.2) is 18.6 Å². The van der Waals surface area contributed by atoms with E-state index in [1.807, 2.05) is 6.07 Å². The number of carboxylic acid groups (broad SMARTS) is 1. The minimum atomic E-state index is -1.11. The van der Waals surface area contributed by atoms with Crippen molar-refractivity contribution in [3.8, 4) is 17.6 Å². The molecule has 0 radical (unpaired) electrons. The first-order valence-electron chi connectivity index (χ1n) is 12.8. The van der Waals surface area contributed by atoms with E-state index in [9.17, 15) is 18.7 Å². The number of methoxy groups -OCH3 is 2. The zero-order valence-electron chi connectivity index (χ0n) is 21.7. The zero-order valence-corrected chi connectivity index (χ0v) is 21.7. The van der Waals surface area contributed by atoms with Gasteiger partial charge in [0, 0.05) is 36.4 Å². The Morgan fingerprint density at radius 2 is 1.69 bits per heavy atom. The molecule has 2 aliphatic rings. The highest BCUT2D eigenvalue weighted by atomic mass is 19.2. The number of rotatable bonds is 9. The molecule has 1 saturated carbocycles. The highest BCUT2D eigenvalue weighted by Crippen LogP contribution is 2.51. The number of aromatic carboxylic acids is 1. The maximum Gasteiger partial charge on any atom is 0.337 e. The van der Waals surface area contributed by atoms with Gasteiger partial charge >= 0.3 is 5.97 Å². The lowest BCUT2D eigenvalue weighted by atomic mass is 9.72. The van der Waals surface area contributed by atoms with Crippen molar-refractivity contribution in [2.75, 3.05) is 31.5 Å². The molecule has 3 N–H and O–H groups in total. The van der Waals surface area contributed by atoms with Crippen molar-refractivity contribution in [2.24, 2.45) is 11.8 Å². The molecule has 3 aromatic rings. The summed E-state index contributed by atoms with van der Waals surface area (Å²) in [4.78, 5) is 19.9. The van der Waals surface area contributed by atoms with Crippen molar-refractivity contribution >= 4 is 17.3 Å². The summed E-state index contributed by atoms with van der Waals surface area (Å²) in [6.45, 7) is 0.165. The summed E-state index contributed by atoms with van der Waals surface area (Å²) in [5.41, 5.74) is 0.357. The van der Waals surface area contributed by atoms with Crippen molar-refractivity contribution in [2.45, 2.75) is 37.8 Å². The number of carbonyl (C=O) groups is 1. The third kappa shape index (κ3) is 5.13. The molecular formula is C28H30F2N4O5. The number of anilines is 2. The molecule has 206 valence electrons. The number of benzene rings is 1. The predicted octanol–water partition coefficient (Wildman–Crippen LogP) is 5.44. The van der Waals surface area contributed by atoms with E-state index < -0.39 is 23.3 Å². The molecule has 0 amide bonds. The molecule has 1 aromatic carbocycles. The Kier molecular flexibility index (Phi) is 7.40. The van der Waals surface area contributed by atoms with Crippen molar-refractivity contribution in [1.82, 2.24) is 9.97 Å². The number of fused-ring (bicyclic) bond motifs is 1. The number of hydrogen-bond acceptors (Lipinski definition) is 8. The van der Waals surface area contributed by atoms with E-state index in [0.717, 1.165) is 44.2 Å². The summed E-state index contributed by atoms with van der Waals surface area (Å²) >= 11 is 0. The standard InChI is InChI=1S/C28H30F2N4O5/c1-37-25-11-9-18(26(32-25)38-2)28(33-22-12-20(29)21(30)13-23(22)34-28)19(16-6-4-3-5-7-16)15-39-24-10-8-17(14-31-24)27(35)36/h8-14,16,19,33-34H,3-7,15H2,1-2H3,(H,35,36). The van der Waals surface area contributed by atoms with Gasteiger partial charge in [0.05, 0.1) is 43.3 Å². The fourth-order valence-electron chi connectivity index (χ4n) is 5.64. The van der Waals surface area contributed by atoms with Crippen LogP contribution in [0.3, 0.4) is 0 Å². The molecule has 0 bridgehead atoms. The number of pyridine rings is 2. The van der Waals surface area contributed by atoms with Crippen LogP contribution in [0.15, 0.2) is 42.6 Å². The predicted molar refractivity (Wildman–Crippen MR) is 139 cm³/mol. The van der Waals surface area contributed by atoms with Gasteiger partial charge in [-0.2, -0.15) is 4.98 Å². The largest absolute Gasteiger partial charge is 0.481 e. The van der Waals surface area contributed by atoms with Crippen LogP contribution in [0, 0.1) is 23.5 Å². The van der Waals surface area contributed by atoms with Gasteiger partial charge in [0.15, 0.2) is 11.6 Å². The molecule has 39 heavy (non-hydrogen) atoms. The van der Waals surface area contributed by atoms with Crippen LogP contribution >= 0.6 is 0 Å². The van der Waals surface area contributed by atoms with E-state index in [1.54, 1.807) is 6.07 Å². The van der Waals surface area contributed by atoms with Crippen LogP contribution in [-0.2, 0) is 5.66 Å². The molecule has 1 aliphatic carbocycles. The molecule has 0 saturated heterocycles. The second kappa shape index (κ2) is 10.9. The van der Waals surface area contributed by atoms with Gasteiger partial charge in [-0.15, -0.1) is 0 Å². The summed E-state index contributed by atoms with van der Waals surface area (Å²) in [7, 11) is 3.01. The van der Waals surface area contributed by atoms with Crippen molar-refractivity contribution in [3.05, 3.63) is 65.4 Å². The summed E-state index contributed by atoms with van der Waals surface area (Å²) in [5, 5.41) is 16.1. The molecule has 1 fully saturated rings. The summed E-state index contributed by atoms with van der Waals surface area (Å²) in [6, 6.07) is 8.73. The van der Waals surface area contributed by atoms with Crippen LogP contribution < -0.4 is 24.8 Å². The van der Waals surface area contributed by atoms with E-state index in [4.69, 9.17) is 14.2 Å². The van der Waals surface area contributed by atoms with Gasteiger partial charge in [0.1, 0.15) is 5.66 Å². The van der Waals surface area contributed by atoms with Gasteiger partial charge in [0.25, 0.3) is 0 Å². The molecular weight excluding hydrogens is 510 g/mol. The normalized spacial score (nSPS) is 16.9. The molecule has 11 heteroatoms. The maximum atomic E-state index is 14.3. The van der Waals surface area contributed by atoms with Crippen LogP contribution in [-0.4, -0.2) is 41.9 Å². The first-order valence-corrected chi connectivity index (χ1v) is 12.8. The molecule has 5 rings (SSSR count). The SMILES string of the molecule is COc1ccc(C2(C(COc3ccc(C(=O)O)cn3)C3CCCCC3)Nc3cc(F)c(F)cc3N2)c(OC)n1. The number of nitrogens with zero attached hydrogens (tertiary/aromatic N) is 2. The van der Waals surface area contributed by atoms with Crippen LogP contribution in [0.5, 0.6) is 17.6 Å². The molecule has 1 unspecified atom stereocenters. The first kappa shape index (κ1) is 26.5. The number of aromatic nitrogens is 2. The second-order valence-electron chi connectivity index (χ2n) is 9.79. The minimum absolute atomic E-state index is 0.0512. The van der Waals surface area contributed by atoms with Crippen LogP contribution in [0.1, 0.15) is 48.0 Å². The Morgan fingerprint density at radius 3 is 2.26 bits per heavy atom. The Hall–Kier alpha value is -4.15. The Balaban J connectivity index is 1.60. The second-order valence-corrected chi connectivity index (χ2v) is 9.79. The highest BCUT2D eigenvalue weighted by molar-refractivity contribution is 5.87. The van der Waals surface area contributed by atoms with E-state index in [2.05, 4.69) is 20.6 Å². The van der Waals surface area contributed by atoms with E-state index in [0.29, 0.717) is 22.8 Å². The Labute approximate surface area is 224 Å². The lowest BCUT2D eigenvalue weighted by Crippen LogP contribution is -2.52. The maximum absolute atomic E-state index is 14.3. The van der Waals surface area contributed by atoms with Gasteiger partial charge in [-0.1, -0.05) is 19.3 Å². The monoisotopic (exact) mass is 540 g/mol. The van der Waals surface area contributed by atoms with E-state index >= 15 is 0 Å². The van der Waals surface area contributed by atoms with Crippen molar-refractivity contribution in [1.29, 1.82) is 0 Å². The molecule has 1 atom stereocenters. The number of nitrogens with one attached hydrogen (secondary N) is 2. The smallest absolute Gasteiger partial charge is 0.337 e. The number of halogens is 2. The van der Waals surface area contributed by atoms with Crippen LogP contribution in [0.4, 0.5) is 20.2 Å². The lowest BCUT2D eigenvalue weighted by Gasteiger charge is -2.44. The molecule has 1 aliphatic heterocycles.